The summed E-state index contributed by atoms with van der Waals surface area (Å²) >= 11 is 0. The van der Waals surface area contributed by atoms with Crippen molar-refractivity contribution in [3.05, 3.63) is 28.8 Å². The third-order valence-electron chi connectivity index (χ3n) is 3.09. The number of aryl methyl sites for hydroxylation is 2. The Balaban J connectivity index is 2.39. The number of carbonyl (C=O) groups excluding carboxylic acids is 1. The van der Waals surface area contributed by atoms with Crippen molar-refractivity contribution in [3.63, 3.8) is 0 Å². The summed E-state index contributed by atoms with van der Waals surface area (Å²) in [4.78, 5) is 11.9. The zero-order valence-electron chi connectivity index (χ0n) is 9.58. The number of carbonyl (C=O) groups is 1. The molecular formula is C13H17NO2. The quantitative estimate of drug-likeness (QED) is 0.784. The maximum Gasteiger partial charge on any atom is 0.167 e. The maximum absolute atomic E-state index is 11.9. The predicted octanol–water partition coefficient (Wildman–Crippen LogP) is 1.72. The van der Waals surface area contributed by atoms with E-state index < -0.39 is 0 Å². The van der Waals surface area contributed by atoms with Crippen LogP contribution in [0.5, 0.6) is 5.75 Å². The van der Waals surface area contributed by atoms with Crippen molar-refractivity contribution in [3.8, 4) is 5.75 Å². The van der Waals surface area contributed by atoms with E-state index in [1.807, 2.05) is 12.1 Å². The Morgan fingerprint density at radius 1 is 1.38 bits per heavy atom. The lowest BCUT2D eigenvalue weighted by Gasteiger charge is -2.10. The van der Waals surface area contributed by atoms with E-state index in [9.17, 15) is 4.79 Å². The molecule has 0 amide bonds. The molecule has 0 saturated carbocycles. The Morgan fingerprint density at radius 3 is 2.69 bits per heavy atom. The van der Waals surface area contributed by atoms with Gasteiger partial charge in [-0.2, -0.15) is 0 Å². The number of ether oxygens (including phenoxy) is 1. The predicted molar refractivity (Wildman–Crippen MR) is 63.0 cm³/mol. The standard InChI is InChI=1S/C13H17NO2/c1-16-13-8-10-4-2-3-9(10)7-11(13)12(15)5-6-14/h7-8H,2-6,14H2,1H3. The van der Waals surface area contributed by atoms with Crippen LogP contribution >= 0.6 is 0 Å². The summed E-state index contributed by atoms with van der Waals surface area (Å²) in [5.41, 5.74) is 8.71. The summed E-state index contributed by atoms with van der Waals surface area (Å²) in [6.07, 6.45) is 3.72. The van der Waals surface area contributed by atoms with Crippen LogP contribution in [-0.2, 0) is 12.8 Å². The molecule has 3 heteroatoms. The van der Waals surface area contributed by atoms with Gasteiger partial charge in [0, 0.05) is 6.42 Å². The molecule has 0 atom stereocenters. The SMILES string of the molecule is COc1cc2c(cc1C(=O)CCN)CCC2. The molecule has 0 aromatic heterocycles. The summed E-state index contributed by atoms with van der Waals surface area (Å²) in [6.45, 7) is 0.388. The fraction of sp³-hybridized carbons (Fsp3) is 0.462. The molecule has 0 unspecified atom stereocenters. The number of hydrogen-bond acceptors (Lipinski definition) is 3. The first-order valence-corrected chi connectivity index (χ1v) is 5.69. The van der Waals surface area contributed by atoms with Gasteiger partial charge in [0.2, 0.25) is 0 Å². The number of ketones is 1. The number of rotatable bonds is 4. The molecule has 0 fully saturated rings. The molecule has 0 heterocycles. The van der Waals surface area contributed by atoms with Gasteiger partial charge in [0.15, 0.2) is 5.78 Å². The minimum absolute atomic E-state index is 0.0778. The number of methoxy groups -OCH3 is 1. The molecule has 0 saturated heterocycles. The topological polar surface area (TPSA) is 52.3 Å². The molecule has 1 aliphatic carbocycles. The van der Waals surface area contributed by atoms with E-state index in [-0.39, 0.29) is 5.78 Å². The largest absolute Gasteiger partial charge is 0.496 e. The smallest absolute Gasteiger partial charge is 0.167 e. The summed E-state index contributed by atoms with van der Waals surface area (Å²) in [7, 11) is 1.61. The zero-order valence-corrected chi connectivity index (χ0v) is 9.58. The van der Waals surface area contributed by atoms with Crippen molar-refractivity contribution in [2.75, 3.05) is 13.7 Å². The molecular weight excluding hydrogens is 202 g/mol. The van der Waals surface area contributed by atoms with E-state index >= 15 is 0 Å². The monoisotopic (exact) mass is 219 g/mol. The van der Waals surface area contributed by atoms with Crippen molar-refractivity contribution in [2.24, 2.45) is 5.73 Å². The van der Waals surface area contributed by atoms with Gasteiger partial charge < -0.3 is 10.5 Å². The summed E-state index contributed by atoms with van der Waals surface area (Å²) in [5.74, 6) is 0.771. The van der Waals surface area contributed by atoms with Crippen molar-refractivity contribution in [1.29, 1.82) is 0 Å². The lowest BCUT2D eigenvalue weighted by Crippen LogP contribution is -2.10. The Hall–Kier alpha value is -1.35. The first-order chi connectivity index (χ1) is 7.76. The van der Waals surface area contributed by atoms with Gasteiger partial charge in [-0.05, 0) is 49.1 Å². The number of nitrogens with two attached hydrogens (primary N) is 1. The van der Waals surface area contributed by atoms with Gasteiger partial charge in [-0.25, -0.2) is 0 Å². The van der Waals surface area contributed by atoms with Crippen LogP contribution in [0.3, 0.4) is 0 Å². The van der Waals surface area contributed by atoms with E-state index in [2.05, 4.69) is 0 Å². The van der Waals surface area contributed by atoms with Crippen LogP contribution in [0.2, 0.25) is 0 Å². The zero-order chi connectivity index (χ0) is 11.5. The van der Waals surface area contributed by atoms with Crippen LogP contribution in [0.4, 0.5) is 0 Å². The van der Waals surface area contributed by atoms with Crippen LogP contribution in [0.1, 0.15) is 34.3 Å². The van der Waals surface area contributed by atoms with Crippen LogP contribution in [0.15, 0.2) is 12.1 Å². The van der Waals surface area contributed by atoms with E-state index in [4.69, 9.17) is 10.5 Å². The summed E-state index contributed by atoms with van der Waals surface area (Å²) in [6, 6.07) is 3.99. The lowest BCUT2D eigenvalue weighted by atomic mass is 10.0. The molecule has 0 aliphatic heterocycles. The number of fused-ring (bicyclic) bond motifs is 1. The van der Waals surface area contributed by atoms with E-state index in [1.54, 1.807) is 7.11 Å². The fourth-order valence-electron chi connectivity index (χ4n) is 2.25. The molecule has 86 valence electrons. The molecule has 1 aromatic carbocycles. The minimum atomic E-state index is 0.0778. The molecule has 16 heavy (non-hydrogen) atoms. The van der Waals surface area contributed by atoms with Gasteiger partial charge in [0.05, 0.1) is 12.7 Å². The second-order valence-corrected chi connectivity index (χ2v) is 4.14. The third kappa shape index (κ3) is 1.95. The average Bonchev–Trinajstić information content (AvgIpc) is 2.74. The van der Waals surface area contributed by atoms with Crippen molar-refractivity contribution in [1.82, 2.24) is 0 Å². The van der Waals surface area contributed by atoms with Crippen LogP contribution < -0.4 is 10.5 Å². The van der Waals surface area contributed by atoms with Crippen LogP contribution in [-0.4, -0.2) is 19.4 Å². The Labute approximate surface area is 95.6 Å². The molecule has 0 spiro atoms. The van der Waals surface area contributed by atoms with Crippen LogP contribution in [0.25, 0.3) is 0 Å². The first-order valence-electron chi connectivity index (χ1n) is 5.69. The molecule has 0 bridgehead atoms. The highest BCUT2D eigenvalue weighted by Gasteiger charge is 2.18. The third-order valence-corrected chi connectivity index (χ3v) is 3.09. The van der Waals surface area contributed by atoms with Gasteiger partial charge in [0.25, 0.3) is 0 Å². The lowest BCUT2D eigenvalue weighted by molar-refractivity contribution is 0.0982. The van der Waals surface area contributed by atoms with Crippen LogP contribution in [0, 0.1) is 0 Å². The Morgan fingerprint density at radius 2 is 2.06 bits per heavy atom. The van der Waals surface area contributed by atoms with Gasteiger partial charge in [0.1, 0.15) is 5.75 Å². The maximum atomic E-state index is 11.9. The second kappa shape index (κ2) is 4.66. The molecule has 1 aliphatic rings. The first kappa shape index (κ1) is 11.1. The van der Waals surface area contributed by atoms with Crippen molar-refractivity contribution >= 4 is 5.78 Å². The minimum Gasteiger partial charge on any atom is -0.496 e. The van der Waals surface area contributed by atoms with Gasteiger partial charge in [-0.1, -0.05) is 0 Å². The number of Topliss-reactive ketones (excluding diaryl/α,β-unsaturated/α-hetero) is 1. The number of hydrogen-bond donors (Lipinski definition) is 1. The average molecular weight is 219 g/mol. The Kier molecular flexibility index (Phi) is 3.25. The molecule has 0 radical (unpaired) electrons. The normalized spacial score (nSPS) is 13.6. The Bertz CT molecular complexity index is 413. The van der Waals surface area contributed by atoms with Gasteiger partial charge >= 0.3 is 0 Å². The van der Waals surface area contributed by atoms with Crippen molar-refractivity contribution in [2.45, 2.75) is 25.7 Å². The highest BCUT2D eigenvalue weighted by Crippen LogP contribution is 2.30. The number of benzene rings is 1. The van der Waals surface area contributed by atoms with Gasteiger partial charge in [-0.3, -0.25) is 4.79 Å². The second-order valence-electron chi connectivity index (χ2n) is 4.14. The van der Waals surface area contributed by atoms with Gasteiger partial charge in [-0.15, -0.1) is 0 Å². The highest BCUT2D eigenvalue weighted by atomic mass is 16.5. The summed E-state index contributed by atoms with van der Waals surface area (Å²) in [5, 5.41) is 0. The van der Waals surface area contributed by atoms with E-state index in [0.29, 0.717) is 24.3 Å². The highest BCUT2D eigenvalue weighted by molar-refractivity contribution is 5.99. The van der Waals surface area contributed by atoms with E-state index in [1.165, 1.54) is 17.5 Å². The molecule has 2 rings (SSSR count). The molecule has 1 aromatic rings. The van der Waals surface area contributed by atoms with E-state index in [0.717, 1.165) is 12.8 Å². The van der Waals surface area contributed by atoms with Crippen molar-refractivity contribution < 1.29 is 9.53 Å². The molecule has 2 N–H and O–H groups in total. The fourth-order valence-corrected chi connectivity index (χ4v) is 2.25. The molecule has 3 nitrogen and oxygen atoms in total. The summed E-state index contributed by atoms with van der Waals surface area (Å²) < 4.78 is 5.28.